The Labute approximate surface area is 135 Å². The Balaban J connectivity index is 2.06. The monoisotopic (exact) mass is 321 g/mol. The van der Waals surface area contributed by atoms with E-state index in [1.807, 2.05) is 19.9 Å². The lowest BCUT2D eigenvalue weighted by Crippen LogP contribution is -2.30. The van der Waals surface area contributed by atoms with Gasteiger partial charge in [0.1, 0.15) is 5.82 Å². The number of aliphatic hydroxyl groups is 1. The van der Waals surface area contributed by atoms with Gasteiger partial charge in [-0.05, 0) is 29.7 Å². The van der Waals surface area contributed by atoms with Crippen LogP contribution in [-0.2, 0) is 0 Å². The molecule has 1 unspecified atom stereocenters. The summed E-state index contributed by atoms with van der Waals surface area (Å²) in [7, 11) is 0. The maximum Gasteiger partial charge on any atom is 0.127 e. The van der Waals surface area contributed by atoms with Crippen molar-refractivity contribution in [1.29, 1.82) is 0 Å². The van der Waals surface area contributed by atoms with Crippen LogP contribution in [0, 0.1) is 11.7 Å². The number of hydrogen-bond donors (Lipinski definition) is 2. The summed E-state index contributed by atoms with van der Waals surface area (Å²) in [6.07, 6.45) is -0.662. The average molecular weight is 322 g/mol. The maximum absolute atomic E-state index is 14.0. The zero-order valence-electron chi connectivity index (χ0n) is 12.8. The minimum atomic E-state index is -0.662. The van der Waals surface area contributed by atoms with Gasteiger partial charge in [0.25, 0.3) is 0 Å². The van der Waals surface area contributed by atoms with Crippen LogP contribution in [0.5, 0.6) is 0 Å². The van der Waals surface area contributed by atoms with E-state index in [2.05, 4.69) is 5.32 Å². The third-order valence-corrected chi connectivity index (χ3v) is 3.94. The van der Waals surface area contributed by atoms with Crippen LogP contribution in [0.1, 0.15) is 37.1 Å². The third kappa shape index (κ3) is 4.29. The zero-order valence-corrected chi connectivity index (χ0v) is 13.5. The summed E-state index contributed by atoms with van der Waals surface area (Å²) in [5.41, 5.74) is 1.41. The molecule has 0 aliphatic rings. The molecule has 22 heavy (non-hydrogen) atoms. The van der Waals surface area contributed by atoms with Gasteiger partial charge in [-0.2, -0.15) is 0 Å². The van der Waals surface area contributed by atoms with Gasteiger partial charge >= 0.3 is 0 Å². The summed E-state index contributed by atoms with van der Waals surface area (Å²) in [4.78, 5) is 0. The highest BCUT2D eigenvalue weighted by atomic mass is 35.5. The summed E-state index contributed by atoms with van der Waals surface area (Å²) >= 11 is 5.84. The van der Waals surface area contributed by atoms with Crippen molar-refractivity contribution in [3.05, 3.63) is 70.5 Å². The van der Waals surface area contributed by atoms with E-state index >= 15 is 0 Å². The van der Waals surface area contributed by atoms with Gasteiger partial charge in [0.15, 0.2) is 0 Å². The number of hydrogen-bond acceptors (Lipinski definition) is 2. The molecule has 2 nitrogen and oxygen atoms in total. The van der Waals surface area contributed by atoms with Crippen molar-refractivity contribution in [1.82, 2.24) is 5.32 Å². The van der Waals surface area contributed by atoms with Gasteiger partial charge < -0.3 is 10.4 Å². The summed E-state index contributed by atoms with van der Waals surface area (Å²) in [6, 6.07) is 13.7. The SMILES string of the molecule is CC(C)C(NC[C@H](O)c1ccc(Cl)cc1)c1ccccc1F. The van der Waals surface area contributed by atoms with E-state index in [-0.39, 0.29) is 17.8 Å². The number of aliphatic hydroxyl groups excluding tert-OH is 1. The number of rotatable bonds is 6. The van der Waals surface area contributed by atoms with E-state index in [0.717, 1.165) is 5.56 Å². The molecule has 0 fully saturated rings. The van der Waals surface area contributed by atoms with E-state index in [0.29, 0.717) is 17.1 Å². The quantitative estimate of drug-likeness (QED) is 0.821. The molecule has 0 spiro atoms. The standard InChI is InChI=1S/C18H21ClFNO/c1-12(2)18(15-5-3-4-6-16(15)20)21-11-17(22)13-7-9-14(19)10-8-13/h3-10,12,17-18,21-22H,11H2,1-2H3/t17-,18?/m0/s1. The van der Waals surface area contributed by atoms with Gasteiger partial charge in [0.05, 0.1) is 6.10 Å². The second kappa shape index (κ2) is 7.73. The summed E-state index contributed by atoms with van der Waals surface area (Å²) in [6.45, 7) is 4.40. The smallest absolute Gasteiger partial charge is 0.127 e. The fourth-order valence-electron chi connectivity index (χ4n) is 2.47. The molecule has 118 valence electrons. The van der Waals surface area contributed by atoms with Crippen LogP contribution in [0.25, 0.3) is 0 Å². The van der Waals surface area contributed by atoms with Crippen LogP contribution in [0.4, 0.5) is 4.39 Å². The van der Waals surface area contributed by atoms with Crippen molar-refractivity contribution in [3.63, 3.8) is 0 Å². The Bertz CT molecular complexity index is 600. The van der Waals surface area contributed by atoms with E-state index in [1.54, 1.807) is 36.4 Å². The maximum atomic E-state index is 14.0. The summed E-state index contributed by atoms with van der Waals surface area (Å²) in [5.74, 6) is -0.0241. The van der Waals surface area contributed by atoms with Crippen molar-refractivity contribution in [2.45, 2.75) is 26.0 Å². The molecule has 4 heteroatoms. The topological polar surface area (TPSA) is 32.3 Å². The second-order valence-electron chi connectivity index (χ2n) is 5.72. The predicted molar refractivity (Wildman–Crippen MR) is 88.4 cm³/mol. The molecule has 0 radical (unpaired) electrons. The minimum absolute atomic E-state index is 0.150. The molecule has 0 bridgehead atoms. The van der Waals surface area contributed by atoms with Crippen molar-refractivity contribution in [3.8, 4) is 0 Å². The highest BCUT2D eigenvalue weighted by Crippen LogP contribution is 2.25. The third-order valence-electron chi connectivity index (χ3n) is 3.69. The molecule has 0 saturated carbocycles. The first kappa shape index (κ1) is 16.9. The first-order valence-corrected chi connectivity index (χ1v) is 7.78. The predicted octanol–water partition coefficient (Wildman–Crippen LogP) is 4.50. The molecule has 2 aromatic rings. The van der Waals surface area contributed by atoms with E-state index in [1.165, 1.54) is 6.07 Å². The van der Waals surface area contributed by atoms with Crippen LogP contribution in [-0.4, -0.2) is 11.7 Å². The highest BCUT2D eigenvalue weighted by molar-refractivity contribution is 6.30. The molecule has 0 saturated heterocycles. The molecule has 2 N–H and O–H groups in total. The van der Waals surface area contributed by atoms with Gasteiger partial charge in [0.2, 0.25) is 0 Å². The molecule has 2 atom stereocenters. The summed E-state index contributed by atoms with van der Waals surface area (Å²) in [5, 5.41) is 14.2. The van der Waals surface area contributed by atoms with Crippen molar-refractivity contribution in [2.24, 2.45) is 5.92 Å². The minimum Gasteiger partial charge on any atom is -0.387 e. The highest BCUT2D eigenvalue weighted by Gasteiger charge is 2.20. The van der Waals surface area contributed by atoms with Gasteiger partial charge in [-0.15, -0.1) is 0 Å². The fraction of sp³-hybridized carbons (Fsp3) is 0.333. The van der Waals surface area contributed by atoms with Gasteiger partial charge in [-0.1, -0.05) is 55.8 Å². The number of halogens is 2. The molecule has 2 aromatic carbocycles. The molecule has 0 aliphatic carbocycles. The fourth-order valence-corrected chi connectivity index (χ4v) is 2.60. The lowest BCUT2D eigenvalue weighted by molar-refractivity contribution is 0.165. The zero-order chi connectivity index (χ0) is 16.1. The normalized spacial score (nSPS) is 14.1. The first-order valence-electron chi connectivity index (χ1n) is 7.40. The first-order chi connectivity index (χ1) is 10.5. The molecular formula is C18H21ClFNO. The largest absolute Gasteiger partial charge is 0.387 e. The molecule has 0 heterocycles. The van der Waals surface area contributed by atoms with Crippen molar-refractivity contribution >= 4 is 11.6 Å². The number of nitrogens with one attached hydrogen (secondary N) is 1. The summed E-state index contributed by atoms with van der Waals surface area (Å²) < 4.78 is 14.0. The van der Waals surface area contributed by atoms with Gasteiger partial charge in [-0.3, -0.25) is 0 Å². The van der Waals surface area contributed by atoms with Crippen LogP contribution < -0.4 is 5.32 Å². The van der Waals surface area contributed by atoms with E-state index in [4.69, 9.17) is 11.6 Å². The molecule has 2 rings (SSSR count). The lowest BCUT2D eigenvalue weighted by atomic mass is 9.95. The van der Waals surface area contributed by atoms with Crippen LogP contribution in [0.2, 0.25) is 5.02 Å². The Hall–Kier alpha value is -1.42. The van der Waals surface area contributed by atoms with E-state index in [9.17, 15) is 9.50 Å². The number of benzene rings is 2. The Kier molecular flexibility index (Phi) is 5.95. The van der Waals surface area contributed by atoms with Gasteiger partial charge in [-0.25, -0.2) is 4.39 Å². The molecular weight excluding hydrogens is 301 g/mol. The Morgan fingerprint density at radius 2 is 1.73 bits per heavy atom. The average Bonchev–Trinajstić information content (AvgIpc) is 2.49. The van der Waals surface area contributed by atoms with E-state index < -0.39 is 6.10 Å². The lowest BCUT2D eigenvalue weighted by Gasteiger charge is -2.25. The second-order valence-corrected chi connectivity index (χ2v) is 6.16. The molecule has 0 aromatic heterocycles. The van der Waals surface area contributed by atoms with Crippen LogP contribution in [0.3, 0.4) is 0 Å². The van der Waals surface area contributed by atoms with Crippen molar-refractivity contribution < 1.29 is 9.50 Å². The Morgan fingerprint density at radius 1 is 1.09 bits per heavy atom. The van der Waals surface area contributed by atoms with Crippen LogP contribution >= 0.6 is 11.6 Å². The van der Waals surface area contributed by atoms with Gasteiger partial charge in [0, 0.05) is 23.2 Å². The molecule has 0 amide bonds. The molecule has 0 aliphatic heterocycles. The van der Waals surface area contributed by atoms with Crippen molar-refractivity contribution in [2.75, 3.05) is 6.54 Å². The Morgan fingerprint density at radius 3 is 2.32 bits per heavy atom. The van der Waals surface area contributed by atoms with Crippen LogP contribution in [0.15, 0.2) is 48.5 Å².